The molecule has 1 rings (SSSR count). The molecule has 132 valence electrons. The summed E-state index contributed by atoms with van der Waals surface area (Å²) >= 11 is 0. The summed E-state index contributed by atoms with van der Waals surface area (Å²) in [6.07, 6.45) is 0. The average Bonchev–Trinajstić information content (AvgIpc) is 2.56. The van der Waals surface area contributed by atoms with Crippen molar-refractivity contribution in [2.45, 2.75) is 13.8 Å². The number of esters is 2. The molecule has 1 aliphatic heterocycles. The number of ether oxygens (including phenoxy) is 2. The minimum Gasteiger partial charge on any atom is -0.399 e. The van der Waals surface area contributed by atoms with Crippen LogP contribution in [0.4, 0.5) is 0 Å². The van der Waals surface area contributed by atoms with E-state index in [4.69, 9.17) is 0 Å². The molecule has 0 aliphatic carbocycles. The number of hydrazine groups is 3. The predicted octanol–water partition coefficient (Wildman–Crippen LogP) is -1.35. The first-order valence-electron chi connectivity index (χ1n) is 5.88. The summed E-state index contributed by atoms with van der Waals surface area (Å²) < 4.78 is 9.04. The quantitative estimate of drug-likeness (QED) is 0.321. The van der Waals surface area contributed by atoms with Gasteiger partial charge in [0.25, 0.3) is 0 Å². The summed E-state index contributed by atoms with van der Waals surface area (Å²) in [7, 11) is 0. The molecule has 0 bridgehead atoms. The molecule has 0 N–H and O–H groups in total. The third kappa shape index (κ3) is 4.15. The van der Waals surface area contributed by atoms with Gasteiger partial charge in [-0.15, -0.1) is 0 Å². The molecule has 0 aromatic rings. The van der Waals surface area contributed by atoms with Crippen molar-refractivity contribution in [1.82, 2.24) is 15.0 Å². The van der Waals surface area contributed by atoms with Gasteiger partial charge in [-0.25, -0.2) is 30.3 Å². The maximum absolute atomic E-state index is 11.1. The highest BCUT2D eigenvalue weighted by Crippen LogP contribution is 2.23. The Bertz CT molecular complexity index is 585. The molecule has 0 spiro atoms. The van der Waals surface area contributed by atoms with Crippen molar-refractivity contribution in [3.05, 3.63) is 42.1 Å². The van der Waals surface area contributed by atoms with E-state index in [9.17, 15) is 39.9 Å². The van der Waals surface area contributed by atoms with Gasteiger partial charge in [0.2, 0.25) is 13.3 Å². The van der Waals surface area contributed by atoms with E-state index < -0.39 is 52.1 Å². The molecule has 0 saturated carbocycles. The van der Waals surface area contributed by atoms with E-state index in [1.807, 2.05) is 0 Å². The van der Waals surface area contributed by atoms with Crippen LogP contribution < -0.4 is 0 Å². The molecule has 24 heavy (non-hydrogen) atoms. The third-order valence-corrected chi connectivity index (χ3v) is 2.35. The van der Waals surface area contributed by atoms with E-state index in [2.05, 4.69) is 9.47 Å². The minimum atomic E-state index is -1.22. The van der Waals surface area contributed by atoms with E-state index in [1.54, 1.807) is 0 Å². The molecule has 0 radical (unpaired) electrons. The molecule has 16 nitrogen and oxygen atoms in total. The van der Waals surface area contributed by atoms with E-state index in [0.29, 0.717) is 0 Å². The van der Waals surface area contributed by atoms with Gasteiger partial charge in [0.05, 0.1) is 0 Å². The number of carbonyl (C=O) groups is 2. The third-order valence-electron chi connectivity index (χ3n) is 2.35. The molecule has 0 aromatic carbocycles. The average molecular weight is 350 g/mol. The highest BCUT2D eigenvalue weighted by Gasteiger charge is 2.46. The lowest BCUT2D eigenvalue weighted by Gasteiger charge is -2.16. The number of hydrogen-bond acceptors (Lipinski definition) is 10. The Morgan fingerprint density at radius 3 is 1.38 bits per heavy atom. The van der Waals surface area contributed by atoms with Gasteiger partial charge >= 0.3 is 23.7 Å². The summed E-state index contributed by atoms with van der Waals surface area (Å²) in [5, 5.41) is 29.4. The summed E-state index contributed by atoms with van der Waals surface area (Å²) in [4.78, 5) is 55.4. The Balaban J connectivity index is 3.59. The van der Waals surface area contributed by atoms with Crippen molar-refractivity contribution in [2.75, 3.05) is 13.3 Å². The van der Waals surface area contributed by atoms with Crippen LogP contribution in [0, 0.1) is 30.3 Å². The number of nitro groups is 3. The van der Waals surface area contributed by atoms with E-state index in [1.165, 1.54) is 0 Å². The maximum atomic E-state index is 11.1. The van der Waals surface area contributed by atoms with Crippen molar-refractivity contribution < 1.29 is 34.2 Å². The van der Waals surface area contributed by atoms with Crippen molar-refractivity contribution in [3.8, 4) is 0 Å². The highest BCUT2D eigenvalue weighted by atomic mass is 16.7. The molecule has 0 amide bonds. The summed E-state index contributed by atoms with van der Waals surface area (Å²) in [6.45, 7) is -0.609. The number of hydrogen-bond donors (Lipinski definition) is 0. The van der Waals surface area contributed by atoms with E-state index in [0.717, 1.165) is 13.8 Å². The maximum Gasteiger partial charge on any atom is 0.330 e. The van der Waals surface area contributed by atoms with Crippen LogP contribution in [0.3, 0.4) is 0 Å². The molecule has 0 aromatic heterocycles. The van der Waals surface area contributed by atoms with Crippen LogP contribution in [0.25, 0.3) is 0 Å². The zero-order valence-electron chi connectivity index (χ0n) is 12.2. The van der Waals surface area contributed by atoms with Crippen molar-refractivity contribution in [2.24, 2.45) is 0 Å². The summed E-state index contributed by atoms with van der Waals surface area (Å²) in [5.41, 5.74) is 0. The largest absolute Gasteiger partial charge is 0.399 e. The summed E-state index contributed by atoms with van der Waals surface area (Å²) in [5.74, 6) is -4.58. The molecule has 0 atom stereocenters. The highest BCUT2D eigenvalue weighted by molar-refractivity contribution is 5.68. The Labute approximate surface area is 131 Å². The van der Waals surface area contributed by atoms with Crippen molar-refractivity contribution in [1.29, 1.82) is 0 Å². The fraction of sp³-hybridized carbons (Fsp3) is 0.500. The van der Waals surface area contributed by atoms with Crippen LogP contribution in [0.15, 0.2) is 11.8 Å². The van der Waals surface area contributed by atoms with Gasteiger partial charge in [-0.05, 0) is 10.0 Å². The fourth-order valence-electron chi connectivity index (χ4n) is 1.52. The monoisotopic (exact) mass is 350 g/mol. The normalized spacial score (nSPS) is 14.8. The van der Waals surface area contributed by atoms with Gasteiger partial charge < -0.3 is 9.47 Å². The van der Waals surface area contributed by atoms with E-state index >= 15 is 0 Å². The topological polar surface area (TPSA) is 192 Å². The molecule has 1 aliphatic rings. The zero-order valence-corrected chi connectivity index (χ0v) is 12.2. The Kier molecular flexibility index (Phi) is 5.37. The molecule has 0 unspecified atom stereocenters. The van der Waals surface area contributed by atoms with Gasteiger partial charge in [-0.2, -0.15) is 0 Å². The van der Waals surface area contributed by atoms with Crippen molar-refractivity contribution in [3.63, 3.8) is 0 Å². The molecular weight excluding hydrogens is 340 g/mol. The lowest BCUT2D eigenvalue weighted by Crippen LogP contribution is -2.45. The first kappa shape index (κ1) is 18.3. The number of rotatable bonds is 5. The molecule has 16 heteroatoms. The Hall–Kier alpha value is -3.72. The summed E-state index contributed by atoms with van der Waals surface area (Å²) in [6, 6.07) is 0. The number of carbonyl (C=O) groups excluding carboxylic acids is 2. The minimum absolute atomic E-state index is 0.0750. The zero-order chi connectivity index (χ0) is 18.6. The van der Waals surface area contributed by atoms with Crippen LogP contribution in [-0.2, 0) is 19.1 Å². The van der Waals surface area contributed by atoms with Gasteiger partial charge in [0.15, 0.2) is 15.1 Å². The van der Waals surface area contributed by atoms with Gasteiger partial charge in [-0.3, -0.25) is 9.59 Å². The van der Waals surface area contributed by atoms with Crippen LogP contribution in [0.1, 0.15) is 13.8 Å². The second-order valence-electron chi connectivity index (χ2n) is 4.10. The lowest BCUT2D eigenvalue weighted by molar-refractivity contribution is -0.726. The number of nitrogens with zero attached hydrogens (tertiary/aromatic N) is 6. The molecular formula is C8H10N6O10. The standard InChI is InChI=1S/C8H10N6O10/c1-5(15)23-7-8(24-6(2)16)11(14(21)22)4-9(12(17)18)3-10(7)13(19)20/h3-4H2,1-2H3. The van der Waals surface area contributed by atoms with Crippen molar-refractivity contribution >= 4 is 11.9 Å². The van der Waals surface area contributed by atoms with E-state index in [-0.39, 0.29) is 15.0 Å². The second-order valence-corrected chi connectivity index (χ2v) is 4.10. The van der Waals surface area contributed by atoms with Crippen LogP contribution in [-0.4, -0.2) is 55.4 Å². The molecule has 0 fully saturated rings. The van der Waals surface area contributed by atoms with Gasteiger partial charge in [0.1, 0.15) is 0 Å². The van der Waals surface area contributed by atoms with Crippen LogP contribution in [0.2, 0.25) is 0 Å². The molecule has 0 saturated heterocycles. The Morgan fingerprint density at radius 1 is 0.833 bits per heavy atom. The van der Waals surface area contributed by atoms with Gasteiger partial charge in [0, 0.05) is 13.8 Å². The smallest absolute Gasteiger partial charge is 0.330 e. The SMILES string of the molecule is CC(=O)OC1=C(OC(C)=O)N([N+](=O)[O-])CN([N+](=O)[O-])CN1[N+](=O)[O-]. The van der Waals surface area contributed by atoms with Crippen LogP contribution in [0.5, 0.6) is 0 Å². The fourth-order valence-corrected chi connectivity index (χ4v) is 1.52. The lowest BCUT2D eigenvalue weighted by atomic mass is 10.6. The second kappa shape index (κ2) is 7.03. The predicted molar refractivity (Wildman–Crippen MR) is 66.8 cm³/mol. The molecule has 1 heterocycles. The first-order valence-corrected chi connectivity index (χ1v) is 5.88. The van der Waals surface area contributed by atoms with Crippen LogP contribution >= 0.6 is 0 Å². The first-order chi connectivity index (χ1) is 11.0. The van der Waals surface area contributed by atoms with Gasteiger partial charge in [-0.1, -0.05) is 5.01 Å². The Morgan fingerprint density at radius 2 is 1.17 bits per heavy atom.